The van der Waals surface area contributed by atoms with E-state index in [4.69, 9.17) is 11.2 Å². The predicted octanol–water partition coefficient (Wildman–Crippen LogP) is 1.62. The highest BCUT2D eigenvalue weighted by Crippen LogP contribution is 2.19. The van der Waals surface area contributed by atoms with Crippen molar-refractivity contribution >= 4 is 5.82 Å². The van der Waals surface area contributed by atoms with Crippen molar-refractivity contribution in [2.75, 3.05) is 19.0 Å². The molecule has 15 heavy (non-hydrogen) atoms. The Labute approximate surface area is 90.1 Å². The Hall–Kier alpha value is -1.76. The Balaban J connectivity index is 2.58. The summed E-state index contributed by atoms with van der Waals surface area (Å²) in [6, 6.07) is 0. The molecule has 1 rings (SSSR count). The van der Waals surface area contributed by atoms with E-state index in [0.717, 1.165) is 30.8 Å². The number of rotatable bonds is 5. The number of anilines is 1. The number of hydrogen-bond acceptors (Lipinski definition) is 4. The monoisotopic (exact) mass is 205 g/mol. The molecular formula is C11H15N3O. The van der Waals surface area contributed by atoms with Crippen molar-refractivity contribution in [3.8, 4) is 18.2 Å². The minimum Gasteiger partial charge on any atom is -0.481 e. The van der Waals surface area contributed by atoms with E-state index in [-0.39, 0.29) is 0 Å². The topological polar surface area (TPSA) is 47.0 Å². The fourth-order valence-corrected chi connectivity index (χ4v) is 1.22. The molecule has 0 aliphatic carbocycles. The predicted molar refractivity (Wildman–Crippen MR) is 59.9 cm³/mol. The number of terminal acetylenes is 1. The van der Waals surface area contributed by atoms with Gasteiger partial charge in [-0.2, -0.15) is 0 Å². The maximum Gasteiger partial charge on any atom is 0.221 e. The number of methoxy groups -OCH3 is 1. The average Bonchev–Trinajstić information content (AvgIpc) is 2.26. The molecule has 0 aliphatic heterocycles. The fraction of sp³-hybridized carbons (Fsp3) is 0.455. The van der Waals surface area contributed by atoms with Gasteiger partial charge < -0.3 is 10.1 Å². The molecule has 0 aliphatic rings. The Kier molecular flexibility index (Phi) is 4.42. The van der Waals surface area contributed by atoms with Gasteiger partial charge in [-0.25, -0.2) is 9.97 Å². The quantitative estimate of drug-likeness (QED) is 0.586. The highest BCUT2D eigenvalue weighted by molar-refractivity contribution is 5.47. The second kappa shape index (κ2) is 5.86. The second-order valence-electron chi connectivity index (χ2n) is 3.09. The lowest BCUT2D eigenvalue weighted by Gasteiger charge is -2.09. The molecule has 0 atom stereocenters. The fourth-order valence-electron chi connectivity index (χ4n) is 1.22. The van der Waals surface area contributed by atoms with Gasteiger partial charge in [0.05, 0.1) is 12.7 Å². The van der Waals surface area contributed by atoms with Crippen molar-refractivity contribution in [1.82, 2.24) is 9.97 Å². The summed E-state index contributed by atoms with van der Waals surface area (Å²) in [5, 5.41) is 3.20. The summed E-state index contributed by atoms with van der Waals surface area (Å²) in [5.74, 6) is 4.00. The van der Waals surface area contributed by atoms with Gasteiger partial charge in [-0.05, 0) is 13.3 Å². The number of nitrogens with one attached hydrogen (secondary N) is 1. The van der Waals surface area contributed by atoms with Gasteiger partial charge >= 0.3 is 0 Å². The van der Waals surface area contributed by atoms with Crippen molar-refractivity contribution in [3.63, 3.8) is 0 Å². The van der Waals surface area contributed by atoms with Crippen LogP contribution in [0.1, 0.15) is 18.4 Å². The van der Waals surface area contributed by atoms with E-state index >= 15 is 0 Å². The number of ether oxygens (including phenoxy) is 1. The second-order valence-corrected chi connectivity index (χ2v) is 3.09. The van der Waals surface area contributed by atoms with Gasteiger partial charge in [0.15, 0.2) is 0 Å². The normalized spacial score (nSPS) is 9.40. The van der Waals surface area contributed by atoms with Gasteiger partial charge in [-0.3, -0.25) is 0 Å². The van der Waals surface area contributed by atoms with Crippen LogP contribution in [0, 0.1) is 19.3 Å². The van der Waals surface area contributed by atoms with E-state index in [1.165, 1.54) is 6.33 Å². The molecule has 0 aromatic carbocycles. The molecule has 0 saturated carbocycles. The Bertz CT molecular complexity index is 357. The maximum absolute atomic E-state index is 5.16. The zero-order valence-electron chi connectivity index (χ0n) is 9.08. The summed E-state index contributed by atoms with van der Waals surface area (Å²) in [6.45, 7) is 2.73. The Morgan fingerprint density at radius 1 is 1.53 bits per heavy atom. The Morgan fingerprint density at radius 2 is 2.33 bits per heavy atom. The molecule has 80 valence electrons. The number of aromatic nitrogens is 2. The van der Waals surface area contributed by atoms with Crippen molar-refractivity contribution in [2.45, 2.75) is 19.8 Å². The van der Waals surface area contributed by atoms with Crippen LogP contribution in [0.25, 0.3) is 0 Å². The van der Waals surface area contributed by atoms with E-state index < -0.39 is 0 Å². The number of hydrogen-bond donors (Lipinski definition) is 1. The van der Waals surface area contributed by atoms with E-state index in [2.05, 4.69) is 21.2 Å². The van der Waals surface area contributed by atoms with Crippen LogP contribution < -0.4 is 10.1 Å². The Morgan fingerprint density at radius 3 is 3.00 bits per heavy atom. The van der Waals surface area contributed by atoms with Crippen LogP contribution in [0.15, 0.2) is 6.33 Å². The summed E-state index contributed by atoms with van der Waals surface area (Å²) < 4.78 is 5.09. The largest absolute Gasteiger partial charge is 0.481 e. The minimum atomic E-state index is 0.601. The molecule has 0 saturated heterocycles. The van der Waals surface area contributed by atoms with Gasteiger partial charge in [-0.15, -0.1) is 12.3 Å². The molecule has 0 unspecified atom stereocenters. The SMILES string of the molecule is C#CCCCNc1ncnc(OC)c1C. The van der Waals surface area contributed by atoms with Crippen molar-refractivity contribution in [2.24, 2.45) is 0 Å². The molecule has 0 bridgehead atoms. The van der Waals surface area contributed by atoms with Crippen molar-refractivity contribution in [1.29, 1.82) is 0 Å². The van der Waals surface area contributed by atoms with Crippen molar-refractivity contribution in [3.05, 3.63) is 11.9 Å². The van der Waals surface area contributed by atoms with E-state index in [0.29, 0.717) is 5.88 Å². The zero-order chi connectivity index (χ0) is 11.1. The first-order valence-electron chi connectivity index (χ1n) is 4.82. The molecule has 1 heterocycles. The van der Waals surface area contributed by atoms with Gasteiger partial charge in [-0.1, -0.05) is 0 Å². The van der Waals surface area contributed by atoms with Crippen LogP contribution in [0.2, 0.25) is 0 Å². The highest BCUT2D eigenvalue weighted by atomic mass is 16.5. The summed E-state index contributed by atoms with van der Waals surface area (Å²) in [5.41, 5.74) is 0.917. The van der Waals surface area contributed by atoms with Crippen LogP contribution in [0.4, 0.5) is 5.82 Å². The minimum absolute atomic E-state index is 0.601. The van der Waals surface area contributed by atoms with Crippen LogP contribution in [0.5, 0.6) is 5.88 Å². The summed E-state index contributed by atoms with van der Waals surface area (Å²) in [7, 11) is 1.59. The highest BCUT2D eigenvalue weighted by Gasteiger charge is 2.05. The first-order valence-corrected chi connectivity index (χ1v) is 4.82. The molecule has 0 amide bonds. The van der Waals surface area contributed by atoms with Gasteiger partial charge in [0.25, 0.3) is 0 Å². The van der Waals surface area contributed by atoms with E-state index in [9.17, 15) is 0 Å². The van der Waals surface area contributed by atoms with Crippen LogP contribution >= 0.6 is 0 Å². The smallest absolute Gasteiger partial charge is 0.221 e. The molecule has 4 heteroatoms. The molecule has 0 radical (unpaired) electrons. The van der Waals surface area contributed by atoms with Crippen LogP contribution in [0.3, 0.4) is 0 Å². The van der Waals surface area contributed by atoms with Crippen LogP contribution in [-0.4, -0.2) is 23.6 Å². The van der Waals surface area contributed by atoms with Gasteiger partial charge in [0.2, 0.25) is 5.88 Å². The zero-order valence-corrected chi connectivity index (χ0v) is 9.08. The molecule has 0 spiro atoms. The first-order chi connectivity index (χ1) is 7.29. The van der Waals surface area contributed by atoms with E-state index in [1.54, 1.807) is 7.11 Å². The molecule has 1 aromatic heterocycles. The standard InChI is InChI=1S/C11H15N3O/c1-4-5-6-7-12-10-9(2)11(15-3)14-8-13-10/h1,8H,5-7H2,2-3H3,(H,12,13,14). The summed E-state index contributed by atoms with van der Waals surface area (Å²) in [6.07, 6.45) is 8.35. The maximum atomic E-state index is 5.16. The lowest BCUT2D eigenvalue weighted by molar-refractivity contribution is 0.393. The van der Waals surface area contributed by atoms with Crippen molar-refractivity contribution < 1.29 is 4.74 Å². The van der Waals surface area contributed by atoms with E-state index in [1.807, 2.05) is 6.92 Å². The average molecular weight is 205 g/mol. The molecule has 1 aromatic rings. The number of nitrogens with zero attached hydrogens (tertiary/aromatic N) is 2. The summed E-state index contributed by atoms with van der Waals surface area (Å²) in [4.78, 5) is 8.13. The third-order valence-corrected chi connectivity index (χ3v) is 2.02. The third kappa shape index (κ3) is 3.13. The molecule has 4 nitrogen and oxygen atoms in total. The number of unbranched alkanes of at least 4 members (excludes halogenated alkanes) is 1. The summed E-state index contributed by atoms with van der Waals surface area (Å²) >= 11 is 0. The van der Waals surface area contributed by atoms with Crippen LogP contribution in [-0.2, 0) is 0 Å². The lowest BCUT2D eigenvalue weighted by atomic mass is 10.3. The lowest BCUT2D eigenvalue weighted by Crippen LogP contribution is -2.06. The third-order valence-electron chi connectivity index (χ3n) is 2.02. The van der Waals surface area contributed by atoms with Gasteiger partial charge in [0.1, 0.15) is 12.1 Å². The van der Waals surface area contributed by atoms with Gasteiger partial charge in [0, 0.05) is 13.0 Å². The first kappa shape index (κ1) is 11.3. The molecule has 0 fully saturated rings. The molecular weight excluding hydrogens is 190 g/mol. The molecule has 1 N–H and O–H groups in total.